The van der Waals surface area contributed by atoms with Gasteiger partial charge in [-0.15, -0.1) is 5.10 Å². The van der Waals surface area contributed by atoms with E-state index in [9.17, 15) is 0 Å². The standard InChI is InChI=1S/C41H46N10/c1-3-4-5-6-8-13-30-16-18-35(38(24-30)45-31-14-11-20-43-28-31)37(42-2)26-34-27-40(47-41-48-49-51(34)41)36-19-17-33(50-22-9-7-10-23-50)25-39(36)46-32-15-12-21-44-29-32/h11-12,14-21,24-29,45-46,49H,2-10,13,22-23H2,1H3/b37-26-. The highest BCUT2D eigenvalue weighted by atomic mass is 15.5. The molecule has 0 spiro atoms. The minimum Gasteiger partial charge on any atom is -0.371 e. The number of aryl methyl sites for hydroxylation is 1. The molecule has 0 amide bonds. The number of aromatic nitrogens is 6. The number of H-pyrrole nitrogens is 1. The Morgan fingerprint density at radius 3 is 2.31 bits per heavy atom. The summed E-state index contributed by atoms with van der Waals surface area (Å²) in [6.07, 6.45) is 20.2. The molecule has 0 saturated carbocycles. The van der Waals surface area contributed by atoms with Crippen molar-refractivity contribution < 1.29 is 0 Å². The van der Waals surface area contributed by atoms with Gasteiger partial charge in [-0.2, -0.15) is 0 Å². The van der Waals surface area contributed by atoms with Crippen LogP contribution in [0.3, 0.4) is 0 Å². The van der Waals surface area contributed by atoms with E-state index in [1.807, 2.05) is 47.3 Å². The Morgan fingerprint density at radius 2 is 1.63 bits per heavy atom. The summed E-state index contributed by atoms with van der Waals surface area (Å²) >= 11 is 0. The zero-order chi connectivity index (χ0) is 34.8. The van der Waals surface area contributed by atoms with Crippen molar-refractivity contribution in [2.24, 2.45) is 4.99 Å². The number of aromatic amines is 1. The highest BCUT2D eigenvalue weighted by Crippen LogP contribution is 2.36. The molecular formula is C41H46N10. The number of pyridine rings is 2. The molecule has 10 heteroatoms. The summed E-state index contributed by atoms with van der Waals surface area (Å²) < 4.78 is 1.86. The van der Waals surface area contributed by atoms with E-state index in [0.717, 1.165) is 70.5 Å². The molecule has 260 valence electrons. The van der Waals surface area contributed by atoms with Crippen LogP contribution in [0, 0.1) is 0 Å². The number of anilines is 5. The molecule has 3 N–H and O–H groups in total. The van der Waals surface area contributed by atoms with Crippen LogP contribution in [0.2, 0.25) is 0 Å². The third kappa shape index (κ3) is 8.17. The Bertz CT molecular complexity index is 2070. The molecule has 0 unspecified atom stereocenters. The fourth-order valence-electron chi connectivity index (χ4n) is 6.73. The molecule has 4 aromatic heterocycles. The van der Waals surface area contributed by atoms with Crippen molar-refractivity contribution in [3.63, 3.8) is 0 Å². The van der Waals surface area contributed by atoms with Gasteiger partial charge in [-0.1, -0.05) is 44.7 Å². The van der Waals surface area contributed by atoms with Crippen LogP contribution in [-0.2, 0) is 6.42 Å². The van der Waals surface area contributed by atoms with E-state index in [2.05, 4.69) is 96.9 Å². The van der Waals surface area contributed by atoms with Gasteiger partial charge in [0.05, 0.1) is 46.5 Å². The molecule has 0 atom stereocenters. The Balaban J connectivity index is 1.26. The average Bonchev–Trinajstić information content (AvgIpc) is 3.16. The lowest BCUT2D eigenvalue weighted by Crippen LogP contribution is -2.29. The monoisotopic (exact) mass is 678 g/mol. The van der Waals surface area contributed by atoms with E-state index in [-0.39, 0.29) is 0 Å². The average molecular weight is 679 g/mol. The van der Waals surface area contributed by atoms with Crippen LogP contribution in [0.15, 0.2) is 96.5 Å². The van der Waals surface area contributed by atoms with Crippen molar-refractivity contribution in [1.29, 1.82) is 0 Å². The first-order chi connectivity index (χ1) is 25.2. The maximum absolute atomic E-state index is 4.94. The molecule has 0 radical (unpaired) electrons. The summed E-state index contributed by atoms with van der Waals surface area (Å²) in [5.74, 6) is 0.585. The van der Waals surface area contributed by atoms with Crippen molar-refractivity contribution in [2.45, 2.75) is 64.7 Å². The Hall–Kier alpha value is -5.77. The first-order valence-corrected chi connectivity index (χ1v) is 18.2. The molecule has 1 aliphatic heterocycles. The van der Waals surface area contributed by atoms with Gasteiger partial charge in [0.2, 0.25) is 0 Å². The molecule has 1 fully saturated rings. The van der Waals surface area contributed by atoms with Crippen LogP contribution in [-0.4, -0.2) is 49.6 Å². The van der Waals surface area contributed by atoms with Gasteiger partial charge in [0, 0.05) is 48.0 Å². The molecule has 0 bridgehead atoms. The number of nitrogens with zero attached hydrogens (tertiary/aromatic N) is 7. The summed E-state index contributed by atoms with van der Waals surface area (Å²) in [6, 6.07) is 23.2. The number of piperidine rings is 1. The highest BCUT2D eigenvalue weighted by molar-refractivity contribution is 5.90. The second kappa shape index (κ2) is 16.3. The molecule has 1 aliphatic rings. The topological polar surface area (TPSA) is 111 Å². The van der Waals surface area contributed by atoms with E-state index in [1.165, 1.54) is 62.6 Å². The number of nitrogens with one attached hydrogen (secondary N) is 3. The highest BCUT2D eigenvalue weighted by Gasteiger charge is 2.18. The molecule has 51 heavy (non-hydrogen) atoms. The summed E-state index contributed by atoms with van der Waals surface area (Å²) in [6.45, 7) is 8.38. The summed E-state index contributed by atoms with van der Waals surface area (Å²) in [5, 5.41) is 14.7. The first-order valence-electron chi connectivity index (χ1n) is 18.2. The van der Waals surface area contributed by atoms with Crippen LogP contribution >= 0.6 is 0 Å². The van der Waals surface area contributed by atoms with Gasteiger partial charge in [0.25, 0.3) is 5.78 Å². The molecule has 2 aromatic carbocycles. The predicted octanol–water partition coefficient (Wildman–Crippen LogP) is 9.70. The van der Waals surface area contributed by atoms with E-state index in [0.29, 0.717) is 5.78 Å². The van der Waals surface area contributed by atoms with Crippen LogP contribution in [0.5, 0.6) is 0 Å². The fourth-order valence-corrected chi connectivity index (χ4v) is 6.73. The Labute approximate surface area is 299 Å². The van der Waals surface area contributed by atoms with Gasteiger partial charge in [-0.05, 0) is 105 Å². The summed E-state index contributed by atoms with van der Waals surface area (Å²) in [5.41, 5.74) is 10.5. The SMILES string of the molecule is C=N/C(=C\c1cc(-c2ccc(N3CCCCC3)cc2Nc2cccnc2)nc2n[nH]n12)c1ccc(CCCCCCC)cc1Nc1cccnc1. The number of rotatable bonds is 15. The van der Waals surface area contributed by atoms with Crippen LogP contribution < -0.4 is 15.5 Å². The lowest BCUT2D eigenvalue weighted by Gasteiger charge is -2.29. The van der Waals surface area contributed by atoms with E-state index in [1.54, 1.807) is 12.4 Å². The zero-order valence-electron chi connectivity index (χ0n) is 29.4. The molecule has 6 aromatic rings. The van der Waals surface area contributed by atoms with Gasteiger partial charge < -0.3 is 15.5 Å². The molecule has 7 rings (SSSR count). The van der Waals surface area contributed by atoms with E-state index in [4.69, 9.17) is 4.98 Å². The van der Waals surface area contributed by atoms with Gasteiger partial charge in [0.15, 0.2) is 0 Å². The quantitative estimate of drug-likeness (QED) is 0.0732. The van der Waals surface area contributed by atoms with Crippen molar-refractivity contribution in [3.8, 4) is 11.3 Å². The van der Waals surface area contributed by atoms with Crippen LogP contribution in [0.4, 0.5) is 28.4 Å². The number of fused-ring (bicyclic) bond motifs is 1. The van der Waals surface area contributed by atoms with Crippen molar-refractivity contribution >= 4 is 52.7 Å². The Kier molecular flexibility index (Phi) is 10.8. The normalized spacial score (nSPS) is 13.4. The summed E-state index contributed by atoms with van der Waals surface area (Å²) in [4.78, 5) is 20.6. The van der Waals surface area contributed by atoms with Crippen molar-refractivity contribution in [3.05, 3.63) is 108 Å². The fraction of sp³-hybridized carbons (Fsp3) is 0.293. The third-order valence-corrected chi connectivity index (χ3v) is 9.48. The predicted molar refractivity (Wildman–Crippen MR) is 210 cm³/mol. The van der Waals surface area contributed by atoms with Crippen LogP contribution in [0.1, 0.15) is 75.1 Å². The molecule has 0 aliphatic carbocycles. The maximum Gasteiger partial charge on any atom is 0.269 e. The smallest absolute Gasteiger partial charge is 0.269 e. The molecule has 10 nitrogen and oxygen atoms in total. The van der Waals surface area contributed by atoms with Gasteiger partial charge in [-0.3, -0.25) is 15.0 Å². The van der Waals surface area contributed by atoms with Gasteiger partial charge >= 0.3 is 0 Å². The second-order valence-corrected chi connectivity index (χ2v) is 13.2. The minimum atomic E-state index is 0.585. The minimum absolute atomic E-state index is 0.585. The first kappa shape index (κ1) is 33.7. The number of hydrogen-bond donors (Lipinski definition) is 3. The van der Waals surface area contributed by atoms with Crippen LogP contribution in [0.25, 0.3) is 28.8 Å². The van der Waals surface area contributed by atoms with E-state index < -0.39 is 0 Å². The number of unbranched alkanes of at least 4 members (excludes halogenated alkanes) is 4. The van der Waals surface area contributed by atoms with Crippen molar-refractivity contribution in [1.82, 2.24) is 29.8 Å². The lowest BCUT2D eigenvalue weighted by atomic mass is 10.0. The zero-order valence-corrected chi connectivity index (χ0v) is 29.4. The van der Waals surface area contributed by atoms with Gasteiger partial charge in [-0.25, -0.2) is 14.7 Å². The largest absolute Gasteiger partial charge is 0.371 e. The van der Waals surface area contributed by atoms with E-state index >= 15 is 0 Å². The lowest BCUT2D eigenvalue weighted by molar-refractivity contribution is 0.578. The molecule has 5 heterocycles. The maximum atomic E-state index is 4.94. The number of benzene rings is 2. The number of aliphatic imine (C=N–C) groups is 1. The third-order valence-electron chi connectivity index (χ3n) is 9.48. The van der Waals surface area contributed by atoms with Gasteiger partial charge in [0.1, 0.15) is 0 Å². The van der Waals surface area contributed by atoms with Crippen molar-refractivity contribution in [2.75, 3.05) is 28.6 Å². The summed E-state index contributed by atoms with van der Waals surface area (Å²) in [7, 11) is 0. The molecule has 1 saturated heterocycles. The second-order valence-electron chi connectivity index (χ2n) is 13.2. The number of hydrogen-bond acceptors (Lipinski definition) is 8. The molecular weight excluding hydrogens is 633 g/mol. The Morgan fingerprint density at radius 1 is 0.863 bits per heavy atom.